The summed E-state index contributed by atoms with van der Waals surface area (Å²) in [7, 11) is 0. The smallest absolute Gasteiger partial charge is 0.235 e. The summed E-state index contributed by atoms with van der Waals surface area (Å²) in [6.45, 7) is 10.4. The molecule has 0 aliphatic heterocycles. The number of carbonyl (C=O) groups excluding carboxylic acids is 2. The van der Waals surface area contributed by atoms with E-state index in [0.29, 0.717) is 19.0 Å². The fraction of sp³-hybridized carbons (Fsp3) is 0.364. The number of hydrogen-bond acceptors (Lipinski definition) is 4. The lowest BCUT2D eigenvalue weighted by Crippen LogP contribution is -1.96. The average Bonchev–Trinajstić information content (AvgIpc) is 2.88. The van der Waals surface area contributed by atoms with Crippen LogP contribution in [0.1, 0.15) is 68.0 Å². The van der Waals surface area contributed by atoms with E-state index in [1.165, 1.54) is 33.8 Å². The number of benzene rings is 3. The monoisotopic (exact) mass is 500 g/mol. The molecule has 3 aromatic rings. The van der Waals surface area contributed by atoms with E-state index in [0.717, 1.165) is 37.7 Å². The largest absolute Gasteiger partial charge is 0.326 e. The van der Waals surface area contributed by atoms with E-state index in [9.17, 15) is 4.79 Å². The first-order chi connectivity index (χ1) is 17.4. The van der Waals surface area contributed by atoms with E-state index in [2.05, 4.69) is 93.0 Å². The molecule has 0 saturated heterocycles. The van der Waals surface area contributed by atoms with Crippen LogP contribution in [0.3, 0.4) is 0 Å². The molecule has 3 aromatic carbocycles. The summed E-state index contributed by atoms with van der Waals surface area (Å²) in [6, 6.07) is 25.7. The third kappa shape index (κ3) is 15.2. The maximum absolute atomic E-state index is 10.2. The molecule has 0 aliphatic rings. The average molecular weight is 501 g/mol. The van der Waals surface area contributed by atoms with Crippen LogP contribution in [0.15, 0.2) is 84.4 Å². The summed E-state index contributed by atoms with van der Waals surface area (Å²) in [6.07, 6.45) is 7.11. The lowest BCUT2D eigenvalue weighted by molar-refractivity contribution is 0.562. The van der Waals surface area contributed by atoms with Crippen LogP contribution in [-0.4, -0.2) is 12.0 Å². The van der Waals surface area contributed by atoms with Gasteiger partial charge in [0.1, 0.15) is 5.94 Å². The highest BCUT2D eigenvalue weighted by Crippen LogP contribution is 2.14. The first kappa shape index (κ1) is 33.4. The number of nitrogens with two attached hydrogens (primary N) is 1. The highest BCUT2D eigenvalue weighted by atomic mass is 16.1. The molecule has 0 aromatic heterocycles. The van der Waals surface area contributed by atoms with Gasteiger partial charge in [0.25, 0.3) is 0 Å². The third-order valence-corrected chi connectivity index (χ3v) is 5.52. The van der Waals surface area contributed by atoms with Gasteiger partial charge < -0.3 is 5.73 Å². The molecule has 3 rings (SSSR count). The maximum atomic E-state index is 10.2. The van der Waals surface area contributed by atoms with Gasteiger partial charge in [-0.05, 0) is 78.0 Å². The van der Waals surface area contributed by atoms with Gasteiger partial charge in [0.15, 0.2) is 0 Å². The lowest BCUT2D eigenvalue weighted by atomic mass is 9.98. The Morgan fingerprint density at radius 2 is 1.27 bits per heavy atom. The van der Waals surface area contributed by atoms with Crippen LogP contribution in [0.5, 0.6) is 0 Å². The molecule has 37 heavy (non-hydrogen) atoms. The molecule has 0 amide bonds. The molecule has 0 spiro atoms. The Morgan fingerprint density at radius 3 is 1.78 bits per heavy atom. The van der Waals surface area contributed by atoms with Crippen molar-refractivity contribution in [2.24, 2.45) is 16.6 Å². The Bertz CT molecular complexity index is 1090. The molecule has 0 aliphatic carbocycles. The summed E-state index contributed by atoms with van der Waals surface area (Å²) in [5.74, 6) is 1.95. The standard InChI is InChI=1S/C21H25NO.C9H13N.C2H2O.CH4/c1-17(2)12-20-10-4-8-18(13-20)6-3-7-19-9-5-11-21(14-19)15-22-16-23;1-2-8-4-3-5-9(6-8)7-10;1-2-3;/h4-5,8-11,13-14,17H,3,6-7,12,15H2,1-2H3;3-6H,2,7,10H2,1H3;1H2;1H4. The molecule has 2 N–H and O–H groups in total. The van der Waals surface area contributed by atoms with Gasteiger partial charge in [0.2, 0.25) is 6.08 Å². The number of nitrogens with zero attached hydrogens (tertiary/aromatic N) is 1. The van der Waals surface area contributed by atoms with Gasteiger partial charge in [0.05, 0.1) is 6.54 Å². The molecule has 0 bridgehead atoms. The number of aryl methyl sites for hydroxylation is 3. The summed E-state index contributed by atoms with van der Waals surface area (Å²) in [5, 5.41) is 0. The second-order valence-electron chi connectivity index (χ2n) is 9.02. The SMILES string of the molecule is C.C=C=O.CC(C)Cc1cccc(CCCc2cccc(CN=C=O)c2)c1.CCc1cccc(CN)c1. The van der Waals surface area contributed by atoms with E-state index in [1.807, 2.05) is 12.1 Å². The summed E-state index contributed by atoms with van der Waals surface area (Å²) in [5.41, 5.74) is 13.3. The second-order valence-corrected chi connectivity index (χ2v) is 9.02. The van der Waals surface area contributed by atoms with Gasteiger partial charge in [-0.15, -0.1) is 0 Å². The van der Waals surface area contributed by atoms with Crippen LogP contribution < -0.4 is 5.73 Å². The third-order valence-electron chi connectivity index (χ3n) is 5.52. The Labute approximate surface area is 224 Å². The van der Waals surface area contributed by atoms with Crippen molar-refractivity contribution in [1.82, 2.24) is 0 Å². The van der Waals surface area contributed by atoms with Crippen molar-refractivity contribution in [3.8, 4) is 0 Å². The zero-order valence-electron chi connectivity index (χ0n) is 22.0. The Balaban J connectivity index is 0.000000772. The second kappa shape index (κ2) is 20.6. The van der Waals surface area contributed by atoms with Crippen LogP contribution in [-0.2, 0) is 48.4 Å². The fourth-order valence-corrected chi connectivity index (χ4v) is 3.86. The van der Waals surface area contributed by atoms with Crippen molar-refractivity contribution < 1.29 is 9.59 Å². The quantitative estimate of drug-likeness (QED) is 0.181. The number of rotatable bonds is 10. The Morgan fingerprint density at radius 1 is 0.811 bits per heavy atom. The van der Waals surface area contributed by atoms with Crippen molar-refractivity contribution in [2.75, 3.05) is 0 Å². The number of hydrogen-bond donors (Lipinski definition) is 1. The molecule has 0 unspecified atom stereocenters. The van der Waals surface area contributed by atoms with E-state index >= 15 is 0 Å². The minimum absolute atomic E-state index is 0. The minimum atomic E-state index is 0. The summed E-state index contributed by atoms with van der Waals surface area (Å²) in [4.78, 5) is 22.4. The Hall–Kier alpha value is -3.55. The van der Waals surface area contributed by atoms with Crippen LogP contribution in [0.2, 0.25) is 0 Å². The molecule has 0 fully saturated rings. The van der Waals surface area contributed by atoms with Gasteiger partial charge in [-0.1, -0.05) is 101 Å². The van der Waals surface area contributed by atoms with Gasteiger partial charge in [-0.25, -0.2) is 14.6 Å². The van der Waals surface area contributed by atoms with Gasteiger partial charge >= 0.3 is 0 Å². The molecule has 0 radical (unpaired) electrons. The predicted octanol–water partition coefficient (Wildman–Crippen LogP) is 7.24. The normalized spacial score (nSPS) is 9.43. The van der Waals surface area contributed by atoms with Crippen molar-refractivity contribution in [1.29, 1.82) is 0 Å². The van der Waals surface area contributed by atoms with Crippen LogP contribution in [0, 0.1) is 5.92 Å². The predicted molar refractivity (Wildman–Crippen MR) is 157 cm³/mol. The molecule has 0 heterocycles. The van der Waals surface area contributed by atoms with Gasteiger partial charge in [0, 0.05) is 6.54 Å². The molecule has 0 saturated carbocycles. The van der Waals surface area contributed by atoms with Crippen molar-refractivity contribution in [3.05, 3.63) is 113 Å². The molecule has 4 nitrogen and oxygen atoms in total. The van der Waals surface area contributed by atoms with E-state index in [1.54, 1.807) is 6.08 Å². The summed E-state index contributed by atoms with van der Waals surface area (Å²) >= 11 is 0. The van der Waals surface area contributed by atoms with Crippen molar-refractivity contribution in [2.45, 2.75) is 73.4 Å². The topological polar surface area (TPSA) is 72.5 Å². The van der Waals surface area contributed by atoms with Crippen molar-refractivity contribution in [3.63, 3.8) is 0 Å². The minimum Gasteiger partial charge on any atom is -0.326 e. The van der Waals surface area contributed by atoms with Gasteiger partial charge in [-0.2, -0.15) is 0 Å². The fourth-order valence-electron chi connectivity index (χ4n) is 3.86. The van der Waals surface area contributed by atoms with Crippen LogP contribution >= 0.6 is 0 Å². The lowest BCUT2D eigenvalue weighted by Gasteiger charge is -2.08. The Kier molecular flexibility index (Phi) is 18.6. The van der Waals surface area contributed by atoms with E-state index < -0.39 is 0 Å². The summed E-state index contributed by atoms with van der Waals surface area (Å²) < 4.78 is 0. The molecule has 4 heteroatoms. The van der Waals surface area contributed by atoms with E-state index in [-0.39, 0.29) is 7.43 Å². The van der Waals surface area contributed by atoms with Crippen LogP contribution in [0.25, 0.3) is 0 Å². The highest BCUT2D eigenvalue weighted by molar-refractivity contribution is 5.38. The zero-order valence-corrected chi connectivity index (χ0v) is 22.0. The zero-order chi connectivity index (χ0) is 26.6. The molecule has 198 valence electrons. The highest BCUT2D eigenvalue weighted by Gasteiger charge is 2.01. The number of aliphatic imine (C=N–C) groups is 1. The number of isocyanates is 1. The maximum Gasteiger partial charge on any atom is 0.235 e. The van der Waals surface area contributed by atoms with Gasteiger partial charge in [-0.3, -0.25) is 0 Å². The molecule has 0 atom stereocenters. The van der Waals surface area contributed by atoms with E-state index in [4.69, 9.17) is 10.5 Å². The first-order valence-corrected chi connectivity index (χ1v) is 12.6. The van der Waals surface area contributed by atoms with Crippen LogP contribution in [0.4, 0.5) is 0 Å². The molecular weight excluding hydrogens is 456 g/mol. The molecular formula is C33H44N2O2. The first-order valence-electron chi connectivity index (χ1n) is 12.6. The van der Waals surface area contributed by atoms with Crippen molar-refractivity contribution >= 4 is 12.0 Å².